The minimum absolute atomic E-state index is 0.0614. The second kappa shape index (κ2) is 11.0. The Bertz CT molecular complexity index is 939. The molecule has 30 heavy (non-hydrogen) atoms. The Hall–Kier alpha value is -3.31. The van der Waals surface area contributed by atoms with E-state index in [2.05, 4.69) is 5.32 Å². The predicted octanol–water partition coefficient (Wildman–Crippen LogP) is 4.28. The van der Waals surface area contributed by atoms with Gasteiger partial charge in [-0.25, -0.2) is 0 Å². The molecule has 156 valence electrons. The van der Waals surface area contributed by atoms with Crippen LogP contribution in [0.5, 0.6) is 11.5 Å². The van der Waals surface area contributed by atoms with Gasteiger partial charge >= 0.3 is 0 Å². The second-order valence-electron chi connectivity index (χ2n) is 6.93. The van der Waals surface area contributed by atoms with Crippen LogP contribution in [-0.4, -0.2) is 20.1 Å². The molecule has 3 aromatic rings. The van der Waals surface area contributed by atoms with Crippen LogP contribution in [0.3, 0.4) is 0 Å². The smallest absolute Gasteiger partial charge is 0.224 e. The third-order valence-corrected chi connectivity index (χ3v) is 4.74. The van der Waals surface area contributed by atoms with Crippen molar-refractivity contribution in [2.75, 3.05) is 14.2 Å². The Kier molecular flexibility index (Phi) is 7.86. The summed E-state index contributed by atoms with van der Waals surface area (Å²) in [5, 5.41) is 2.95. The molecule has 3 rings (SSSR count). The summed E-state index contributed by atoms with van der Waals surface area (Å²) in [5.41, 5.74) is 4.12. The lowest BCUT2D eigenvalue weighted by atomic mass is 10.1. The van der Waals surface area contributed by atoms with Crippen molar-refractivity contribution in [3.05, 3.63) is 95.1 Å². The third kappa shape index (κ3) is 6.36. The van der Waals surface area contributed by atoms with Crippen molar-refractivity contribution in [3.8, 4) is 11.5 Å². The molecule has 0 heterocycles. The highest BCUT2D eigenvalue weighted by molar-refractivity contribution is 5.79. The van der Waals surface area contributed by atoms with Crippen LogP contribution in [0.15, 0.2) is 72.8 Å². The summed E-state index contributed by atoms with van der Waals surface area (Å²) in [4.78, 5) is 12.3. The van der Waals surface area contributed by atoms with Gasteiger partial charge < -0.3 is 19.5 Å². The van der Waals surface area contributed by atoms with E-state index in [1.807, 2.05) is 66.7 Å². The monoisotopic (exact) mass is 405 g/mol. The number of benzene rings is 3. The number of hydrogen-bond acceptors (Lipinski definition) is 4. The van der Waals surface area contributed by atoms with E-state index >= 15 is 0 Å². The molecule has 0 aliphatic heterocycles. The number of amides is 1. The fourth-order valence-electron chi connectivity index (χ4n) is 3.05. The molecule has 1 N–H and O–H groups in total. The van der Waals surface area contributed by atoms with Crippen molar-refractivity contribution >= 4 is 5.91 Å². The van der Waals surface area contributed by atoms with Crippen molar-refractivity contribution in [3.63, 3.8) is 0 Å². The lowest BCUT2D eigenvalue weighted by Gasteiger charge is -2.11. The van der Waals surface area contributed by atoms with Crippen LogP contribution in [-0.2, 0) is 35.7 Å². The van der Waals surface area contributed by atoms with Crippen molar-refractivity contribution in [2.24, 2.45) is 0 Å². The largest absolute Gasteiger partial charge is 0.497 e. The lowest BCUT2D eigenvalue weighted by Crippen LogP contribution is -2.24. The van der Waals surface area contributed by atoms with Crippen LogP contribution in [0.4, 0.5) is 0 Å². The highest BCUT2D eigenvalue weighted by Crippen LogP contribution is 2.24. The average Bonchev–Trinajstić information content (AvgIpc) is 2.79. The molecule has 0 aliphatic carbocycles. The molecule has 1 amide bonds. The molecule has 0 saturated heterocycles. The van der Waals surface area contributed by atoms with Crippen molar-refractivity contribution < 1.29 is 19.0 Å². The lowest BCUT2D eigenvalue weighted by molar-refractivity contribution is -0.120. The number of nitrogens with one attached hydrogen (secondary N) is 1. The van der Waals surface area contributed by atoms with E-state index in [1.165, 1.54) is 0 Å². The van der Waals surface area contributed by atoms with E-state index in [4.69, 9.17) is 14.2 Å². The van der Waals surface area contributed by atoms with Gasteiger partial charge in [0.1, 0.15) is 11.5 Å². The Morgan fingerprint density at radius 1 is 0.800 bits per heavy atom. The van der Waals surface area contributed by atoms with Gasteiger partial charge in [-0.1, -0.05) is 60.7 Å². The number of carbonyl (C=O) groups excluding carboxylic acids is 1. The van der Waals surface area contributed by atoms with Gasteiger partial charge in [-0.2, -0.15) is 0 Å². The molecule has 0 radical (unpaired) electrons. The van der Waals surface area contributed by atoms with Crippen molar-refractivity contribution in [1.82, 2.24) is 5.32 Å². The molecule has 0 fully saturated rings. The molecule has 5 heteroatoms. The number of methoxy groups -OCH3 is 2. The first-order valence-electron chi connectivity index (χ1n) is 9.85. The summed E-state index contributed by atoms with van der Waals surface area (Å²) in [7, 11) is 3.18. The molecule has 0 unspecified atom stereocenters. The molecule has 0 saturated carbocycles. The molecule has 0 aliphatic rings. The van der Waals surface area contributed by atoms with Crippen LogP contribution < -0.4 is 14.8 Å². The van der Waals surface area contributed by atoms with Crippen LogP contribution in [0, 0.1) is 0 Å². The molecule has 0 bridgehead atoms. The highest BCUT2D eigenvalue weighted by atomic mass is 16.5. The zero-order chi connectivity index (χ0) is 21.2. The highest BCUT2D eigenvalue weighted by Gasteiger charge is 2.10. The van der Waals surface area contributed by atoms with Crippen LogP contribution in [0.2, 0.25) is 0 Å². The minimum atomic E-state index is -0.0614. The Morgan fingerprint density at radius 3 is 2.13 bits per heavy atom. The second-order valence-corrected chi connectivity index (χ2v) is 6.93. The number of carbonyl (C=O) groups is 1. The maximum atomic E-state index is 12.3. The summed E-state index contributed by atoms with van der Waals surface area (Å²) in [6.07, 6.45) is 0.249. The first-order chi connectivity index (χ1) is 14.7. The van der Waals surface area contributed by atoms with Crippen LogP contribution in [0.1, 0.15) is 22.3 Å². The third-order valence-electron chi connectivity index (χ3n) is 4.74. The van der Waals surface area contributed by atoms with Gasteiger partial charge in [0.05, 0.1) is 33.9 Å². The van der Waals surface area contributed by atoms with E-state index in [-0.39, 0.29) is 12.3 Å². The molecule has 0 spiro atoms. The fraction of sp³-hybridized carbons (Fsp3) is 0.240. The molecule has 5 nitrogen and oxygen atoms in total. The van der Waals surface area contributed by atoms with E-state index in [0.717, 1.165) is 22.3 Å². The van der Waals surface area contributed by atoms with Gasteiger partial charge in [0.2, 0.25) is 5.91 Å². The Labute approximate surface area is 177 Å². The normalized spacial score (nSPS) is 10.5. The summed E-state index contributed by atoms with van der Waals surface area (Å²) in [6.45, 7) is 1.62. The fourth-order valence-corrected chi connectivity index (χ4v) is 3.05. The molecule has 0 atom stereocenters. The van der Waals surface area contributed by atoms with Gasteiger partial charge in [0.25, 0.3) is 0 Å². The molecule has 0 aromatic heterocycles. The SMILES string of the molecule is COc1ccc(CC(=O)NCc2ccc(COCc3ccccc3)cc2)c(OC)c1. The van der Waals surface area contributed by atoms with Gasteiger partial charge in [-0.15, -0.1) is 0 Å². The average molecular weight is 405 g/mol. The molecule has 3 aromatic carbocycles. The minimum Gasteiger partial charge on any atom is -0.497 e. The summed E-state index contributed by atoms with van der Waals surface area (Å²) in [6, 6.07) is 23.6. The molecular formula is C25H27NO4. The van der Waals surface area contributed by atoms with E-state index in [0.29, 0.717) is 31.3 Å². The summed E-state index contributed by atoms with van der Waals surface area (Å²) >= 11 is 0. The van der Waals surface area contributed by atoms with E-state index in [1.54, 1.807) is 20.3 Å². The topological polar surface area (TPSA) is 56.8 Å². The Balaban J connectivity index is 1.45. The molecular weight excluding hydrogens is 378 g/mol. The first-order valence-corrected chi connectivity index (χ1v) is 9.85. The summed E-state index contributed by atoms with van der Waals surface area (Å²) < 4.78 is 16.3. The van der Waals surface area contributed by atoms with Crippen LogP contribution >= 0.6 is 0 Å². The standard InChI is InChI=1S/C25H27NO4/c1-28-23-13-12-22(24(15-23)29-2)14-25(27)26-16-19-8-10-21(11-9-19)18-30-17-20-6-4-3-5-7-20/h3-13,15H,14,16-18H2,1-2H3,(H,26,27). The number of rotatable bonds is 10. The van der Waals surface area contributed by atoms with Gasteiger partial charge in [-0.3, -0.25) is 4.79 Å². The summed E-state index contributed by atoms with van der Waals surface area (Å²) in [5.74, 6) is 1.28. The van der Waals surface area contributed by atoms with Crippen molar-refractivity contribution in [1.29, 1.82) is 0 Å². The predicted molar refractivity (Wildman–Crippen MR) is 116 cm³/mol. The van der Waals surface area contributed by atoms with Gasteiger partial charge in [0, 0.05) is 18.2 Å². The zero-order valence-electron chi connectivity index (χ0n) is 17.4. The zero-order valence-corrected chi connectivity index (χ0v) is 17.4. The quantitative estimate of drug-likeness (QED) is 0.547. The first kappa shape index (κ1) is 21.4. The van der Waals surface area contributed by atoms with E-state index in [9.17, 15) is 4.79 Å². The number of hydrogen-bond donors (Lipinski definition) is 1. The van der Waals surface area contributed by atoms with E-state index < -0.39 is 0 Å². The maximum Gasteiger partial charge on any atom is 0.224 e. The maximum absolute atomic E-state index is 12.3. The van der Waals surface area contributed by atoms with Gasteiger partial charge in [-0.05, 0) is 22.8 Å². The number of ether oxygens (including phenoxy) is 3. The van der Waals surface area contributed by atoms with Crippen LogP contribution in [0.25, 0.3) is 0 Å². The Morgan fingerprint density at radius 2 is 1.47 bits per heavy atom. The van der Waals surface area contributed by atoms with Gasteiger partial charge in [0.15, 0.2) is 0 Å². The van der Waals surface area contributed by atoms with Crippen molar-refractivity contribution in [2.45, 2.75) is 26.2 Å².